The first kappa shape index (κ1) is 17.6. The van der Waals surface area contributed by atoms with E-state index in [2.05, 4.69) is 5.32 Å². The van der Waals surface area contributed by atoms with Gasteiger partial charge in [0.15, 0.2) is 11.9 Å². The van der Waals surface area contributed by atoms with E-state index < -0.39 is 16.9 Å². The van der Waals surface area contributed by atoms with Gasteiger partial charge in [-0.1, -0.05) is 11.6 Å². The number of carbonyl (C=O) groups excluding carboxylic acids is 1. The summed E-state index contributed by atoms with van der Waals surface area (Å²) in [5.74, 6) is -0.130. The topological polar surface area (TPSA) is 90.7 Å². The van der Waals surface area contributed by atoms with Crippen LogP contribution in [0.1, 0.15) is 6.92 Å². The Balaban J connectivity index is 2.10. The van der Waals surface area contributed by atoms with E-state index in [-0.39, 0.29) is 11.4 Å². The fourth-order valence-electron chi connectivity index (χ4n) is 1.89. The third kappa shape index (κ3) is 4.36. The van der Waals surface area contributed by atoms with Gasteiger partial charge in [-0.05, 0) is 43.3 Å². The van der Waals surface area contributed by atoms with E-state index in [0.29, 0.717) is 16.5 Å². The Morgan fingerprint density at radius 1 is 1.25 bits per heavy atom. The van der Waals surface area contributed by atoms with Crippen molar-refractivity contribution >= 4 is 28.9 Å². The number of hydrogen-bond donors (Lipinski definition) is 1. The molecule has 2 aromatic rings. The number of nitro benzene ring substituents is 1. The largest absolute Gasteiger partial charge is 0.496 e. The van der Waals surface area contributed by atoms with E-state index in [9.17, 15) is 14.9 Å². The molecule has 1 unspecified atom stereocenters. The minimum Gasteiger partial charge on any atom is -0.496 e. The number of nitrogens with zero attached hydrogens (tertiary/aromatic N) is 1. The van der Waals surface area contributed by atoms with Crippen LogP contribution in [0, 0.1) is 10.1 Å². The molecular weight excluding hydrogens is 336 g/mol. The van der Waals surface area contributed by atoms with Crippen LogP contribution >= 0.6 is 11.6 Å². The van der Waals surface area contributed by atoms with Crippen LogP contribution in [0.3, 0.4) is 0 Å². The van der Waals surface area contributed by atoms with Crippen molar-refractivity contribution in [2.75, 3.05) is 12.4 Å². The minimum atomic E-state index is -0.937. The van der Waals surface area contributed by atoms with Crippen LogP contribution in [0.25, 0.3) is 0 Å². The number of nitro groups is 1. The van der Waals surface area contributed by atoms with Crippen molar-refractivity contribution < 1.29 is 19.2 Å². The number of methoxy groups -OCH3 is 1. The molecule has 1 N–H and O–H groups in total. The molecule has 0 aliphatic carbocycles. The summed E-state index contributed by atoms with van der Waals surface area (Å²) in [6.45, 7) is 1.50. The van der Waals surface area contributed by atoms with Crippen LogP contribution in [0.4, 0.5) is 11.4 Å². The van der Waals surface area contributed by atoms with Crippen LogP contribution in [0.15, 0.2) is 42.5 Å². The molecule has 0 fully saturated rings. The average molecular weight is 351 g/mol. The Morgan fingerprint density at radius 2 is 1.92 bits per heavy atom. The zero-order valence-electron chi connectivity index (χ0n) is 13.0. The number of halogens is 1. The maximum Gasteiger partial charge on any atom is 0.314 e. The normalized spacial score (nSPS) is 11.5. The summed E-state index contributed by atoms with van der Waals surface area (Å²) in [5, 5.41) is 14.3. The Hall–Kier alpha value is -2.80. The summed E-state index contributed by atoms with van der Waals surface area (Å²) < 4.78 is 10.4. The van der Waals surface area contributed by atoms with Gasteiger partial charge < -0.3 is 14.8 Å². The Kier molecular flexibility index (Phi) is 5.59. The Labute approximate surface area is 143 Å². The number of hydrogen-bond acceptors (Lipinski definition) is 5. The molecule has 126 valence electrons. The summed E-state index contributed by atoms with van der Waals surface area (Å²) in [4.78, 5) is 22.7. The van der Waals surface area contributed by atoms with E-state index in [1.807, 2.05) is 0 Å². The van der Waals surface area contributed by atoms with Gasteiger partial charge in [0.1, 0.15) is 5.75 Å². The predicted molar refractivity (Wildman–Crippen MR) is 89.8 cm³/mol. The zero-order valence-corrected chi connectivity index (χ0v) is 13.7. The van der Waals surface area contributed by atoms with Crippen molar-refractivity contribution in [3.8, 4) is 11.5 Å². The maximum absolute atomic E-state index is 12.1. The van der Waals surface area contributed by atoms with E-state index in [1.165, 1.54) is 32.2 Å². The van der Waals surface area contributed by atoms with Crippen molar-refractivity contribution in [3.05, 3.63) is 57.6 Å². The molecule has 7 nitrogen and oxygen atoms in total. The fourth-order valence-corrected chi connectivity index (χ4v) is 2.01. The van der Waals surface area contributed by atoms with Crippen LogP contribution < -0.4 is 14.8 Å². The van der Waals surface area contributed by atoms with Gasteiger partial charge in [0.05, 0.1) is 18.1 Å². The first-order chi connectivity index (χ1) is 11.4. The quantitative estimate of drug-likeness (QED) is 0.634. The van der Waals surface area contributed by atoms with Gasteiger partial charge in [0.2, 0.25) is 0 Å². The minimum absolute atomic E-state index is 0.0143. The summed E-state index contributed by atoms with van der Waals surface area (Å²) in [7, 11) is 1.40. The summed E-state index contributed by atoms with van der Waals surface area (Å²) in [6.07, 6.45) is -0.937. The van der Waals surface area contributed by atoms with Crippen LogP contribution in [-0.2, 0) is 4.79 Å². The first-order valence-corrected chi connectivity index (χ1v) is 7.34. The van der Waals surface area contributed by atoms with Gasteiger partial charge in [-0.3, -0.25) is 14.9 Å². The molecule has 1 amide bonds. The maximum atomic E-state index is 12.1. The molecule has 2 aromatic carbocycles. The predicted octanol–water partition coefficient (Wildman–Crippen LogP) is 3.66. The molecule has 0 saturated carbocycles. The molecule has 2 rings (SSSR count). The third-order valence-corrected chi connectivity index (χ3v) is 3.40. The number of ether oxygens (including phenoxy) is 2. The molecule has 0 bridgehead atoms. The van der Waals surface area contributed by atoms with E-state index >= 15 is 0 Å². The highest BCUT2D eigenvalue weighted by Gasteiger charge is 2.22. The molecule has 0 aliphatic rings. The van der Waals surface area contributed by atoms with Gasteiger partial charge in [0.25, 0.3) is 5.91 Å². The highest BCUT2D eigenvalue weighted by molar-refractivity contribution is 6.30. The van der Waals surface area contributed by atoms with Crippen molar-refractivity contribution in [2.45, 2.75) is 13.0 Å². The van der Waals surface area contributed by atoms with Crippen LogP contribution in [0.5, 0.6) is 11.5 Å². The molecule has 0 radical (unpaired) electrons. The van der Waals surface area contributed by atoms with Gasteiger partial charge >= 0.3 is 5.69 Å². The second-order valence-electron chi connectivity index (χ2n) is 4.85. The van der Waals surface area contributed by atoms with Crippen LogP contribution in [-0.4, -0.2) is 24.0 Å². The Morgan fingerprint density at radius 3 is 2.50 bits per heavy atom. The molecule has 0 spiro atoms. The number of nitrogens with one attached hydrogen (secondary N) is 1. The lowest BCUT2D eigenvalue weighted by Gasteiger charge is -2.15. The average Bonchev–Trinajstić information content (AvgIpc) is 2.57. The lowest BCUT2D eigenvalue weighted by Crippen LogP contribution is -2.30. The molecule has 0 aliphatic heterocycles. The first-order valence-electron chi connectivity index (χ1n) is 6.96. The monoisotopic (exact) mass is 350 g/mol. The molecule has 0 heterocycles. The summed E-state index contributed by atoms with van der Waals surface area (Å²) >= 11 is 5.78. The molecule has 1 atom stereocenters. The molecule has 0 saturated heterocycles. The number of benzene rings is 2. The Bertz CT molecular complexity index is 749. The molecule has 24 heavy (non-hydrogen) atoms. The number of amides is 1. The second-order valence-corrected chi connectivity index (χ2v) is 5.28. The van der Waals surface area contributed by atoms with Gasteiger partial charge in [-0.25, -0.2) is 0 Å². The van der Waals surface area contributed by atoms with Gasteiger partial charge in [-0.15, -0.1) is 0 Å². The molecule has 0 aromatic heterocycles. The third-order valence-electron chi connectivity index (χ3n) is 3.15. The SMILES string of the molecule is COc1ccc(OC(C)C(=O)Nc2ccc(Cl)cc2)c([N+](=O)[O-])c1. The number of carbonyl (C=O) groups is 1. The van der Waals surface area contributed by atoms with Gasteiger partial charge in [-0.2, -0.15) is 0 Å². The number of anilines is 1. The van der Waals surface area contributed by atoms with Gasteiger partial charge in [0, 0.05) is 10.7 Å². The smallest absolute Gasteiger partial charge is 0.314 e. The van der Waals surface area contributed by atoms with Crippen LogP contribution in [0.2, 0.25) is 5.02 Å². The van der Waals surface area contributed by atoms with Crippen molar-refractivity contribution in [3.63, 3.8) is 0 Å². The van der Waals surface area contributed by atoms with E-state index in [1.54, 1.807) is 24.3 Å². The van der Waals surface area contributed by atoms with Crippen molar-refractivity contribution in [2.24, 2.45) is 0 Å². The van der Waals surface area contributed by atoms with E-state index in [0.717, 1.165) is 0 Å². The highest BCUT2D eigenvalue weighted by Crippen LogP contribution is 2.31. The summed E-state index contributed by atoms with van der Waals surface area (Å²) in [5.41, 5.74) is 0.268. The molecular formula is C16H15ClN2O5. The van der Waals surface area contributed by atoms with E-state index in [4.69, 9.17) is 21.1 Å². The highest BCUT2D eigenvalue weighted by atomic mass is 35.5. The standard InChI is InChI=1S/C16H15ClN2O5/c1-10(16(20)18-12-5-3-11(17)4-6-12)24-15-8-7-13(23-2)9-14(15)19(21)22/h3-10H,1-2H3,(H,18,20). The summed E-state index contributed by atoms with van der Waals surface area (Å²) in [6, 6.07) is 10.7. The lowest BCUT2D eigenvalue weighted by molar-refractivity contribution is -0.386. The zero-order chi connectivity index (χ0) is 17.7. The second kappa shape index (κ2) is 7.65. The fraction of sp³-hybridized carbons (Fsp3) is 0.188. The lowest BCUT2D eigenvalue weighted by atomic mass is 10.2. The number of rotatable bonds is 6. The van der Waals surface area contributed by atoms with Crippen molar-refractivity contribution in [1.29, 1.82) is 0 Å². The van der Waals surface area contributed by atoms with Crippen molar-refractivity contribution in [1.82, 2.24) is 0 Å². The molecule has 8 heteroatoms.